The van der Waals surface area contributed by atoms with Gasteiger partial charge in [-0.1, -0.05) is 6.92 Å². The van der Waals surface area contributed by atoms with E-state index in [0.717, 1.165) is 50.2 Å². The Kier molecular flexibility index (Phi) is 4.96. The molecular formula is C14H22N2O2. The molecule has 1 fully saturated rings. The molecule has 0 aromatic carbocycles. The highest BCUT2D eigenvalue weighted by molar-refractivity contribution is 5.51. The number of piperidine rings is 1. The fourth-order valence-electron chi connectivity index (χ4n) is 2.41. The summed E-state index contributed by atoms with van der Waals surface area (Å²) in [6, 6.07) is 1.88. The van der Waals surface area contributed by atoms with Crippen LogP contribution in [0.4, 0.5) is 5.69 Å². The zero-order chi connectivity index (χ0) is 12.8. The van der Waals surface area contributed by atoms with Crippen LogP contribution >= 0.6 is 0 Å². The lowest BCUT2D eigenvalue weighted by Gasteiger charge is -2.35. The fourth-order valence-corrected chi connectivity index (χ4v) is 2.41. The summed E-state index contributed by atoms with van der Waals surface area (Å²) in [4.78, 5) is 6.44. The van der Waals surface area contributed by atoms with E-state index in [-0.39, 0.29) is 6.61 Å². The molecule has 0 amide bonds. The van der Waals surface area contributed by atoms with Crippen LogP contribution in [0, 0.1) is 0 Å². The Morgan fingerprint density at radius 3 is 3.22 bits per heavy atom. The minimum atomic E-state index is 0.0643. The summed E-state index contributed by atoms with van der Waals surface area (Å²) in [7, 11) is 0. The van der Waals surface area contributed by atoms with E-state index in [2.05, 4.69) is 16.8 Å². The van der Waals surface area contributed by atoms with Crippen LogP contribution < -0.4 is 4.90 Å². The van der Waals surface area contributed by atoms with Gasteiger partial charge in [-0.2, -0.15) is 0 Å². The van der Waals surface area contributed by atoms with E-state index in [0.29, 0.717) is 6.10 Å². The third-order valence-corrected chi connectivity index (χ3v) is 3.33. The van der Waals surface area contributed by atoms with E-state index in [1.165, 1.54) is 0 Å². The number of aliphatic hydroxyl groups excluding tert-OH is 1. The number of nitrogens with zero attached hydrogens (tertiary/aromatic N) is 2. The average Bonchev–Trinajstić information content (AvgIpc) is 2.45. The van der Waals surface area contributed by atoms with Crippen molar-refractivity contribution in [1.82, 2.24) is 4.98 Å². The topological polar surface area (TPSA) is 45.6 Å². The van der Waals surface area contributed by atoms with Crippen LogP contribution in [-0.2, 0) is 11.3 Å². The number of anilines is 1. The molecule has 0 bridgehead atoms. The quantitative estimate of drug-likeness (QED) is 0.868. The van der Waals surface area contributed by atoms with Crippen molar-refractivity contribution in [3.05, 3.63) is 24.0 Å². The molecule has 1 aliphatic rings. The molecule has 1 aromatic rings. The second-order valence-electron chi connectivity index (χ2n) is 4.74. The predicted molar refractivity (Wildman–Crippen MR) is 71.6 cm³/mol. The van der Waals surface area contributed by atoms with Gasteiger partial charge in [0.2, 0.25) is 0 Å². The van der Waals surface area contributed by atoms with Crippen molar-refractivity contribution in [2.45, 2.75) is 38.9 Å². The lowest BCUT2D eigenvalue weighted by molar-refractivity contribution is 0.0440. The molecule has 0 aliphatic carbocycles. The monoisotopic (exact) mass is 250 g/mol. The number of aromatic nitrogens is 1. The summed E-state index contributed by atoms with van der Waals surface area (Å²) in [5, 5.41) is 9.37. The van der Waals surface area contributed by atoms with Gasteiger partial charge in [-0.05, 0) is 25.3 Å². The van der Waals surface area contributed by atoms with E-state index in [9.17, 15) is 5.11 Å². The van der Waals surface area contributed by atoms with Crippen LogP contribution in [0.1, 0.15) is 31.7 Å². The van der Waals surface area contributed by atoms with Gasteiger partial charge in [-0.15, -0.1) is 0 Å². The first-order valence-electron chi connectivity index (χ1n) is 6.75. The third-order valence-electron chi connectivity index (χ3n) is 3.33. The van der Waals surface area contributed by atoms with Crippen molar-refractivity contribution in [2.24, 2.45) is 0 Å². The Labute approximate surface area is 109 Å². The van der Waals surface area contributed by atoms with Crippen molar-refractivity contribution >= 4 is 5.69 Å². The maximum Gasteiger partial charge on any atom is 0.0750 e. The number of aliphatic hydroxyl groups is 1. The molecule has 1 unspecified atom stereocenters. The summed E-state index contributed by atoms with van der Waals surface area (Å²) in [6.07, 6.45) is 7.20. The third kappa shape index (κ3) is 3.21. The minimum absolute atomic E-state index is 0.0643. The highest BCUT2D eigenvalue weighted by atomic mass is 16.5. The molecule has 2 heterocycles. The van der Waals surface area contributed by atoms with Gasteiger partial charge in [0.1, 0.15) is 0 Å². The fraction of sp³-hybridized carbons (Fsp3) is 0.643. The smallest absolute Gasteiger partial charge is 0.0750 e. The summed E-state index contributed by atoms with van der Waals surface area (Å²) in [6.45, 7) is 4.95. The van der Waals surface area contributed by atoms with E-state index in [1.807, 2.05) is 12.3 Å². The molecule has 1 N–H and O–H groups in total. The summed E-state index contributed by atoms with van der Waals surface area (Å²) in [5.74, 6) is 0. The van der Waals surface area contributed by atoms with Crippen LogP contribution in [0.2, 0.25) is 0 Å². The van der Waals surface area contributed by atoms with Crippen LogP contribution in [0.15, 0.2) is 18.5 Å². The molecule has 1 saturated heterocycles. The Morgan fingerprint density at radius 2 is 2.44 bits per heavy atom. The van der Waals surface area contributed by atoms with Crippen molar-refractivity contribution in [3.8, 4) is 0 Å². The Balaban J connectivity index is 2.03. The average molecular weight is 250 g/mol. The molecule has 0 spiro atoms. The molecule has 1 aromatic heterocycles. The maximum absolute atomic E-state index is 9.37. The van der Waals surface area contributed by atoms with E-state index >= 15 is 0 Å². The molecule has 100 valence electrons. The molecule has 4 nitrogen and oxygen atoms in total. The second-order valence-corrected chi connectivity index (χ2v) is 4.74. The van der Waals surface area contributed by atoms with Crippen molar-refractivity contribution < 1.29 is 9.84 Å². The normalized spacial score (nSPS) is 20.1. The van der Waals surface area contributed by atoms with Gasteiger partial charge in [0, 0.05) is 31.5 Å². The van der Waals surface area contributed by atoms with E-state index in [4.69, 9.17) is 4.74 Å². The molecule has 1 aliphatic heterocycles. The molecule has 2 rings (SSSR count). The van der Waals surface area contributed by atoms with Gasteiger partial charge in [-0.3, -0.25) is 4.98 Å². The highest BCUT2D eigenvalue weighted by Gasteiger charge is 2.21. The lowest BCUT2D eigenvalue weighted by Crippen LogP contribution is -2.40. The highest BCUT2D eigenvalue weighted by Crippen LogP contribution is 2.24. The Hall–Kier alpha value is -1.13. The Bertz CT molecular complexity index is 371. The van der Waals surface area contributed by atoms with Crippen molar-refractivity contribution in [2.75, 3.05) is 24.6 Å². The van der Waals surface area contributed by atoms with Gasteiger partial charge < -0.3 is 14.7 Å². The van der Waals surface area contributed by atoms with Crippen molar-refractivity contribution in [1.29, 1.82) is 0 Å². The summed E-state index contributed by atoms with van der Waals surface area (Å²) < 4.78 is 5.83. The minimum Gasteiger partial charge on any atom is -0.392 e. The van der Waals surface area contributed by atoms with Crippen LogP contribution in [0.25, 0.3) is 0 Å². The zero-order valence-corrected chi connectivity index (χ0v) is 11.0. The zero-order valence-electron chi connectivity index (χ0n) is 11.0. The van der Waals surface area contributed by atoms with Gasteiger partial charge in [0.25, 0.3) is 0 Å². The molecule has 18 heavy (non-hydrogen) atoms. The largest absolute Gasteiger partial charge is 0.392 e. The van der Waals surface area contributed by atoms with Gasteiger partial charge in [-0.25, -0.2) is 0 Å². The number of ether oxygens (including phenoxy) is 1. The van der Waals surface area contributed by atoms with E-state index in [1.54, 1.807) is 6.20 Å². The number of pyridine rings is 1. The molecule has 0 saturated carbocycles. The van der Waals surface area contributed by atoms with Gasteiger partial charge >= 0.3 is 0 Å². The van der Waals surface area contributed by atoms with Gasteiger partial charge in [0.05, 0.1) is 24.6 Å². The second kappa shape index (κ2) is 6.71. The van der Waals surface area contributed by atoms with E-state index < -0.39 is 0 Å². The summed E-state index contributed by atoms with van der Waals surface area (Å²) >= 11 is 0. The maximum atomic E-state index is 9.37. The van der Waals surface area contributed by atoms with Crippen molar-refractivity contribution in [3.63, 3.8) is 0 Å². The lowest BCUT2D eigenvalue weighted by atomic mass is 10.1. The standard InChI is InChI=1S/C14H22N2O2/c1-2-8-18-13-4-3-7-16(10-13)14-9-15-6-5-12(14)11-17/h5-6,9,13,17H,2-4,7-8,10-11H2,1H3. The molecule has 1 atom stereocenters. The molecular weight excluding hydrogens is 228 g/mol. The number of hydrogen-bond donors (Lipinski definition) is 1. The Morgan fingerprint density at radius 1 is 1.56 bits per heavy atom. The first kappa shape index (κ1) is 13.3. The van der Waals surface area contributed by atoms with Gasteiger partial charge in [0.15, 0.2) is 0 Å². The molecule has 0 radical (unpaired) electrons. The van der Waals surface area contributed by atoms with Crippen LogP contribution in [-0.4, -0.2) is 35.9 Å². The first-order valence-corrected chi connectivity index (χ1v) is 6.75. The van der Waals surface area contributed by atoms with Crippen LogP contribution in [0.5, 0.6) is 0 Å². The molecule has 4 heteroatoms. The SMILES string of the molecule is CCCOC1CCCN(c2cnccc2CO)C1. The number of rotatable bonds is 5. The van der Waals surface area contributed by atoms with Crippen LogP contribution in [0.3, 0.4) is 0 Å². The predicted octanol–water partition coefficient (Wildman–Crippen LogP) is 1.97. The number of hydrogen-bond acceptors (Lipinski definition) is 4. The summed E-state index contributed by atoms with van der Waals surface area (Å²) in [5.41, 5.74) is 1.99. The first-order chi connectivity index (χ1) is 8.85.